The molecule has 32 heavy (non-hydrogen) atoms. The van der Waals surface area contributed by atoms with Crippen LogP contribution in [-0.4, -0.2) is 58.3 Å². The van der Waals surface area contributed by atoms with Gasteiger partial charge in [-0.1, -0.05) is 12.1 Å². The third kappa shape index (κ3) is 3.75. The van der Waals surface area contributed by atoms with Crippen LogP contribution in [0.15, 0.2) is 30.6 Å². The van der Waals surface area contributed by atoms with Gasteiger partial charge in [-0.25, -0.2) is 14.4 Å². The summed E-state index contributed by atoms with van der Waals surface area (Å²) in [6.45, 7) is 4.04. The zero-order chi connectivity index (χ0) is 22.5. The van der Waals surface area contributed by atoms with E-state index in [0.29, 0.717) is 25.3 Å². The van der Waals surface area contributed by atoms with E-state index in [2.05, 4.69) is 25.2 Å². The highest BCUT2D eigenvalue weighted by molar-refractivity contribution is 5.88. The van der Waals surface area contributed by atoms with Gasteiger partial charge in [-0.3, -0.25) is 4.90 Å². The first-order valence-corrected chi connectivity index (χ1v) is 10.3. The lowest BCUT2D eigenvalue weighted by Crippen LogP contribution is -2.54. The average Bonchev–Trinajstić information content (AvgIpc) is 3.20. The van der Waals surface area contributed by atoms with Gasteiger partial charge in [0.05, 0.1) is 30.2 Å². The van der Waals surface area contributed by atoms with Gasteiger partial charge in [0.25, 0.3) is 0 Å². The first-order valence-electron chi connectivity index (χ1n) is 10.3. The molecule has 2 aromatic heterocycles. The number of benzene rings is 1. The summed E-state index contributed by atoms with van der Waals surface area (Å²) < 4.78 is 65.5. The largest absolute Gasteiger partial charge is 0.488 e. The lowest BCUT2D eigenvalue weighted by atomic mass is 9.94. The fourth-order valence-corrected chi connectivity index (χ4v) is 4.39. The van der Waals surface area contributed by atoms with Gasteiger partial charge < -0.3 is 19.8 Å². The summed E-state index contributed by atoms with van der Waals surface area (Å²) in [5.74, 6) is -0.120. The topological polar surface area (TPSA) is 75.3 Å². The van der Waals surface area contributed by atoms with Crippen molar-refractivity contribution in [3.8, 4) is 5.75 Å². The normalized spacial score (nSPS) is 24.2. The van der Waals surface area contributed by atoms with E-state index in [0.717, 1.165) is 6.07 Å². The summed E-state index contributed by atoms with van der Waals surface area (Å²) in [5, 5.41) is 3.47. The van der Waals surface area contributed by atoms with Crippen molar-refractivity contribution in [2.75, 3.05) is 31.6 Å². The van der Waals surface area contributed by atoms with Crippen molar-refractivity contribution in [2.45, 2.75) is 31.3 Å². The van der Waals surface area contributed by atoms with Crippen molar-refractivity contribution in [2.24, 2.45) is 0 Å². The minimum absolute atomic E-state index is 0.0167. The van der Waals surface area contributed by atoms with Crippen LogP contribution in [0.5, 0.6) is 5.75 Å². The number of halogens is 4. The molecule has 1 saturated heterocycles. The average molecular weight is 451 g/mol. The second-order valence-corrected chi connectivity index (χ2v) is 8.00. The van der Waals surface area contributed by atoms with Gasteiger partial charge in [-0.2, -0.15) is 13.2 Å². The summed E-state index contributed by atoms with van der Waals surface area (Å²) in [4.78, 5) is 12.6. The molecule has 7 nitrogen and oxygen atoms in total. The Hall–Kier alpha value is -2.92. The van der Waals surface area contributed by atoms with Crippen molar-refractivity contribution < 1.29 is 27.0 Å². The van der Waals surface area contributed by atoms with Gasteiger partial charge in [0.2, 0.25) is 0 Å². The number of hydrogen-bond donors (Lipinski definition) is 2. The summed E-state index contributed by atoms with van der Waals surface area (Å²) in [7, 11) is 0. The van der Waals surface area contributed by atoms with E-state index < -0.39 is 23.7 Å². The lowest BCUT2D eigenvalue weighted by Gasteiger charge is -2.43. The Balaban J connectivity index is 1.56. The molecule has 0 unspecified atom stereocenters. The molecule has 0 amide bonds. The second kappa shape index (κ2) is 7.89. The van der Waals surface area contributed by atoms with E-state index in [9.17, 15) is 17.6 Å². The number of H-pyrrole nitrogens is 1. The molecule has 2 aliphatic heterocycles. The number of rotatable bonds is 3. The standard InChI is InChI=1S/C21H21F4N5O2/c1-11-8-30(5-6-31-11)15-9-32-18-12(3-2-4-14(18)22)17(15)29-20-13-7-16(21(23,24)25)28-19(13)26-10-27-20/h2-4,7,10-11,15,17H,5-6,8-9H2,1H3,(H2,26,27,28,29)/t11-,15+,17+/m1/s1. The van der Waals surface area contributed by atoms with Gasteiger partial charge in [-0.15, -0.1) is 0 Å². The van der Waals surface area contributed by atoms with Crippen LogP contribution in [0.3, 0.4) is 0 Å². The molecule has 0 bridgehead atoms. The maximum Gasteiger partial charge on any atom is 0.431 e. The van der Waals surface area contributed by atoms with Crippen LogP contribution in [0.4, 0.5) is 23.4 Å². The van der Waals surface area contributed by atoms with Crippen LogP contribution in [0.25, 0.3) is 11.0 Å². The van der Waals surface area contributed by atoms with Crippen LogP contribution >= 0.6 is 0 Å². The molecule has 1 aromatic carbocycles. The first kappa shape index (κ1) is 21.0. The lowest BCUT2D eigenvalue weighted by molar-refractivity contribution is -0.140. The number of fused-ring (bicyclic) bond motifs is 2. The monoisotopic (exact) mass is 451 g/mol. The Labute approximate surface area is 180 Å². The molecule has 170 valence electrons. The van der Waals surface area contributed by atoms with Crippen LogP contribution in [0.2, 0.25) is 0 Å². The Morgan fingerprint density at radius 1 is 1.25 bits per heavy atom. The Kier molecular flexibility index (Phi) is 5.17. The third-order valence-electron chi connectivity index (χ3n) is 5.88. The minimum atomic E-state index is -4.54. The van der Waals surface area contributed by atoms with E-state index in [1.807, 2.05) is 6.92 Å². The summed E-state index contributed by atoms with van der Waals surface area (Å²) in [6, 6.07) is 4.96. The number of nitrogens with zero attached hydrogens (tertiary/aromatic N) is 3. The molecular weight excluding hydrogens is 430 g/mol. The number of ether oxygens (including phenoxy) is 2. The van der Waals surface area contributed by atoms with Crippen molar-refractivity contribution in [1.29, 1.82) is 0 Å². The molecule has 0 saturated carbocycles. The van der Waals surface area contributed by atoms with E-state index >= 15 is 0 Å². The molecule has 2 aliphatic rings. The van der Waals surface area contributed by atoms with Crippen molar-refractivity contribution in [3.63, 3.8) is 0 Å². The van der Waals surface area contributed by atoms with E-state index in [-0.39, 0.29) is 41.4 Å². The highest BCUT2D eigenvalue weighted by Crippen LogP contribution is 2.40. The van der Waals surface area contributed by atoms with Gasteiger partial charge in [0, 0.05) is 18.7 Å². The summed E-state index contributed by atoms with van der Waals surface area (Å²) >= 11 is 0. The quantitative estimate of drug-likeness (QED) is 0.591. The Morgan fingerprint density at radius 2 is 2.09 bits per heavy atom. The zero-order valence-corrected chi connectivity index (χ0v) is 17.1. The highest BCUT2D eigenvalue weighted by atomic mass is 19.4. The van der Waals surface area contributed by atoms with Crippen molar-refractivity contribution in [3.05, 3.63) is 47.7 Å². The molecule has 11 heteroatoms. The Bertz CT molecular complexity index is 1140. The number of aromatic nitrogens is 3. The molecule has 0 spiro atoms. The number of morpholine rings is 1. The third-order valence-corrected chi connectivity index (χ3v) is 5.88. The molecular formula is C21H21F4N5O2. The zero-order valence-electron chi connectivity index (χ0n) is 17.1. The maximum absolute atomic E-state index is 14.5. The van der Waals surface area contributed by atoms with Crippen LogP contribution in [0.1, 0.15) is 24.2 Å². The molecule has 0 radical (unpaired) electrons. The molecule has 0 aliphatic carbocycles. The minimum Gasteiger partial charge on any atom is -0.488 e. The predicted octanol–water partition coefficient (Wildman–Crippen LogP) is 3.75. The summed E-state index contributed by atoms with van der Waals surface area (Å²) in [6.07, 6.45) is -3.33. The fourth-order valence-electron chi connectivity index (χ4n) is 4.39. The van der Waals surface area contributed by atoms with Crippen molar-refractivity contribution in [1.82, 2.24) is 19.9 Å². The van der Waals surface area contributed by atoms with Crippen LogP contribution in [0, 0.1) is 5.82 Å². The summed E-state index contributed by atoms with van der Waals surface area (Å²) in [5.41, 5.74) is -0.260. The van der Waals surface area contributed by atoms with Gasteiger partial charge in [0.1, 0.15) is 30.1 Å². The van der Waals surface area contributed by atoms with Crippen LogP contribution < -0.4 is 10.1 Å². The number of anilines is 1. The predicted molar refractivity (Wildman–Crippen MR) is 108 cm³/mol. The van der Waals surface area contributed by atoms with E-state index in [1.165, 1.54) is 12.4 Å². The van der Waals surface area contributed by atoms with Gasteiger partial charge in [-0.05, 0) is 19.1 Å². The number of alkyl halides is 3. The van der Waals surface area contributed by atoms with Crippen molar-refractivity contribution >= 4 is 16.9 Å². The van der Waals surface area contributed by atoms with Gasteiger partial charge >= 0.3 is 6.18 Å². The highest BCUT2D eigenvalue weighted by Gasteiger charge is 2.39. The second-order valence-electron chi connectivity index (χ2n) is 8.00. The number of para-hydroxylation sites is 1. The number of nitrogens with one attached hydrogen (secondary N) is 2. The maximum atomic E-state index is 14.5. The van der Waals surface area contributed by atoms with Crippen LogP contribution in [-0.2, 0) is 10.9 Å². The van der Waals surface area contributed by atoms with E-state index in [1.54, 1.807) is 12.1 Å². The molecule has 4 heterocycles. The molecule has 3 atom stereocenters. The molecule has 5 rings (SSSR count). The SMILES string of the molecule is C[C@@H]1CN([C@H]2COc3c(F)cccc3[C@@H]2Nc2ncnc3[nH]c(C(F)(F)F)cc23)CCO1. The smallest absolute Gasteiger partial charge is 0.431 e. The fraction of sp³-hybridized carbons (Fsp3) is 0.429. The number of hydrogen-bond acceptors (Lipinski definition) is 6. The van der Waals surface area contributed by atoms with Gasteiger partial charge in [0.15, 0.2) is 11.6 Å². The first-order chi connectivity index (χ1) is 15.3. The molecule has 3 aromatic rings. The molecule has 1 fully saturated rings. The Morgan fingerprint density at radius 3 is 2.88 bits per heavy atom. The van der Waals surface area contributed by atoms with E-state index in [4.69, 9.17) is 9.47 Å². The molecule has 2 N–H and O–H groups in total. The number of aromatic amines is 1.